The molecule has 0 aliphatic carbocycles. The second-order valence-electron chi connectivity index (χ2n) is 9.38. The number of thiophene rings is 1. The normalized spacial score (nSPS) is 16.7. The van der Waals surface area contributed by atoms with Gasteiger partial charge in [-0.15, -0.1) is 17.9 Å². The molecule has 2 heterocycles. The number of allylic oxidation sites excluding steroid dienone is 1. The lowest BCUT2D eigenvalue weighted by Crippen LogP contribution is -2.48. The zero-order valence-electron chi connectivity index (χ0n) is 20.2. The predicted octanol–water partition coefficient (Wildman–Crippen LogP) is 4.85. The van der Waals surface area contributed by atoms with Gasteiger partial charge in [0.25, 0.3) is 0 Å². The van der Waals surface area contributed by atoms with Gasteiger partial charge in [-0.1, -0.05) is 37.6 Å². The number of carbonyl (C=O) groups is 1. The summed E-state index contributed by atoms with van der Waals surface area (Å²) in [6.07, 6.45) is 3.69. The lowest BCUT2D eigenvalue weighted by atomic mass is 10.00. The van der Waals surface area contributed by atoms with Crippen molar-refractivity contribution in [2.24, 2.45) is 5.92 Å². The first-order chi connectivity index (χ1) is 15.9. The lowest BCUT2D eigenvalue weighted by molar-refractivity contribution is -0.136. The van der Waals surface area contributed by atoms with Crippen LogP contribution in [0.25, 0.3) is 0 Å². The van der Waals surface area contributed by atoms with E-state index in [9.17, 15) is 9.90 Å². The third-order valence-corrected chi connectivity index (χ3v) is 7.00. The molecular weight excluding hydrogens is 432 g/mol. The number of aliphatic hydroxyl groups is 1. The molecule has 0 fully saturated rings. The lowest BCUT2D eigenvalue weighted by Gasteiger charge is -2.37. The molecule has 0 unspecified atom stereocenters. The van der Waals surface area contributed by atoms with Gasteiger partial charge in [0.15, 0.2) is 0 Å². The Morgan fingerprint density at radius 1 is 1.30 bits per heavy atom. The van der Waals surface area contributed by atoms with Crippen LogP contribution >= 0.6 is 11.3 Å². The summed E-state index contributed by atoms with van der Waals surface area (Å²) in [6, 6.07) is 10.1. The molecule has 2 aromatic rings. The summed E-state index contributed by atoms with van der Waals surface area (Å²) in [5.41, 5.74) is 2.39. The summed E-state index contributed by atoms with van der Waals surface area (Å²) < 4.78 is 6.13. The molecule has 6 heteroatoms. The van der Waals surface area contributed by atoms with Gasteiger partial charge in [0.05, 0.1) is 18.7 Å². The second-order valence-corrected chi connectivity index (χ2v) is 10.4. The van der Waals surface area contributed by atoms with Crippen LogP contribution in [-0.2, 0) is 11.2 Å². The number of amides is 1. The fourth-order valence-corrected chi connectivity index (χ4v) is 5.31. The number of aryl methyl sites for hydroxylation is 1. The number of rotatable bonds is 12. The number of hydrogen-bond acceptors (Lipinski definition) is 5. The van der Waals surface area contributed by atoms with Gasteiger partial charge in [-0.3, -0.25) is 9.69 Å². The van der Waals surface area contributed by atoms with Crippen LogP contribution in [0.2, 0.25) is 0 Å². The molecule has 1 aliphatic heterocycles. The van der Waals surface area contributed by atoms with E-state index in [1.807, 2.05) is 35.2 Å². The highest BCUT2D eigenvalue weighted by Crippen LogP contribution is 2.34. The van der Waals surface area contributed by atoms with Crippen molar-refractivity contribution in [1.82, 2.24) is 9.80 Å². The molecule has 1 amide bonds. The Morgan fingerprint density at radius 2 is 2.06 bits per heavy atom. The average Bonchev–Trinajstić information content (AvgIpc) is 3.25. The Kier molecular flexibility index (Phi) is 9.53. The fraction of sp³-hybridized carbons (Fsp3) is 0.519. The molecule has 5 nitrogen and oxygen atoms in total. The Hall–Kier alpha value is -2.15. The molecule has 0 bridgehead atoms. The van der Waals surface area contributed by atoms with Gasteiger partial charge < -0.3 is 14.7 Å². The highest BCUT2D eigenvalue weighted by Gasteiger charge is 2.33. The number of aliphatic hydroxyl groups excluding tert-OH is 1. The van der Waals surface area contributed by atoms with Crippen molar-refractivity contribution in [2.45, 2.75) is 52.2 Å². The molecule has 33 heavy (non-hydrogen) atoms. The highest BCUT2D eigenvalue weighted by molar-refractivity contribution is 7.10. The van der Waals surface area contributed by atoms with E-state index in [4.69, 9.17) is 4.74 Å². The van der Waals surface area contributed by atoms with E-state index in [1.165, 1.54) is 16.0 Å². The molecule has 0 saturated carbocycles. The third-order valence-electron chi connectivity index (χ3n) is 6.00. The molecule has 2 atom stereocenters. The zero-order chi connectivity index (χ0) is 23.8. The number of fused-ring (bicyclic) bond motifs is 1. The van der Waals surface area contributed by atoms with Crippen LogP contribution in [0.15, 0.2) is 48.4 Å². The van der Waals surface area contributed by atoms with Crippen molar-refractivity contribution in [3.05, 3.63) is 64.4 Å². The molecule has 1 aliphatic rings. The van der Waals surface area contributed by atoms with Crippen molar-refractivity contribution in [2.75, 3.05) is 32.8 Å². The van der Waals surface area contributed by atoms with E-state index in [-0.39, 0.29) is 11.9 Å². The van der Waals surface area contributed by atoms with Crippen LogP contribution < -0.4 is 4.74 Å². The average molecular weight is 471 g/mol. The summed E-state index contributed by atoms with van der Waals surface area (Å²) in [5.74, 6) is 1.33. The molecule has 0 spiro atoms. The maximum absolute atomic E-state index is 13.5. The standard InChI is InChI=1S/C27H38N2O3S/c1-5-6-7-22(30)17-28(16-20(2)3)18-27(31)29-14-12-26-24(13-15-33-26)25(29)19-32-23-10-8-21(4)9-11-23/h5,8-11,13,15,20,22,25,30H,1,6-7,12,14,16-19H2,2-4H3/t22-,25+/m0/s1. The largest absolute Gasteiger partial charge is 0.491 e. The molecule has 3 rings (SSSR count). The minimum Gasteiger partial charge on any atom is -0.491 e. The molecule has 1 aromatic carbocycles. The molecule has 0 radical (unpaired) electrons. The van der Waals surface area contributed by atoms with Gasteiger partial charge >= 0.3 is 0 Å². The number of carbonyl (C=O) groups excluding carboxylic acids is 1. The second kappa shape index (κ2) is 12.4. The van der Waals surface area contributed by atoms with Gasteiger partial charge in [0, 0.05) is 24.5 Å². The maximum Gasteiger partial charge on any atom is 0.237 e. The fourth-order valence-electron chi connectivity index (χ4n) is 4.39. The Bertz CT molecular complexity index is 893. The summed E-state index contributed by atoms with van der Waals surface area (Å²) in [4.78, 5) is 18.9. The third kappa shape index (κ3) is 7.42. The van der Waals surface area contributed by atoms with Crippen molar-refractivity contribution < 1.29 is 14.6 Å². The number of hydrogen-bond donors (Lipinski definition) is 1. The monoisotopic (exact) mass is 470 g/mol. The quantitative estimate of drug-likeness (QED) is 0.451. The molecule has 180 valence electrons. The minimum atomic E-state index is -0.458. The highest BCUT2D eigenvalue weighted by atomic mass is 32.1. The number of nitrogens with zero attached hydrogens (tertiary/aromatic N) is 2. The Morgan fingerprint density at radius 3 is 2.76 bits per heavy atom. The molecule has 1 aromatic heterocycles. The number of benzene rings is 1. The first-order valence-electron chi connectivity index (χ1n) is 11.9. The van der Waals surface area contributed by atoms with Crippen LogP contribution in [0.4, 0.5) is 0 Å². The first kappa shape index (κ1) is 25.5. The smallest absolute Gasteiger partial charge is 0.237 e. The van der Waals surface area contributed by atoms with Gasteiger partial charge in [0.1, 0.15) is 12.4 Å². The van der Waals surface area contributed by atoms with E-state index < -0.39 is 6.10 Å². The summed E-state index contributed by atoms with van der Waals surface area (Å²) in [5, 5.41) is 12.5. The molecule has 1 N–H and O–H groups in total. The summed E-state index contributed by atoms with van der Waals surface area (Å²) in [7, 11) is 0. The van der Waals surface area contributed by atoms with E-state index in [1.54, 1.807) is 11.3 Å². The predicted molar refractivity (Wildman–Crippen MR) is 136 cm³/mol. The topological polar surface area (TPSA) is 53.0 Å². The van der Waals surface area contributed by atoms with Crippen molar-refractivity contribution in [3.63, 3.8) is 0 Å². The van der Waals surface area contributed by atoms with Crippen LogP contribution in [-0.4, -0.2) is 59.7 Å². The maximum atomic E-state index is 13.5. The SMILES string of the molecule is C=CCC[C@H](O)CN(CC(=O)N1CCc2sccc2[C@H]1COc1ccc(C)cc1)CC(C)C. The van der Waals surface area contributed by atoms with E-state index in [2.05, 4.69) is 43.7 Å². The van der Waals surface area contributed by atoms with Gasteiger partial charge in [-0.2, -0.15) is 0 Å². The van der Waals surface area contributed by atoms with Crippen molar-refractivity contribution in [3.8, 4) is 5.75 Å². The van der Waals surface area contributed by atoms with E-state index in [0.717, 1.165) is 25.1 Å². The molecule has 0 saturated heterocycles. The minimum absolute atomic E-state index is 0.0969. The van der Waals surface area contributed by atoms with E-state index >= 15 is 0 Å². The molecular formula is C27H38N2O3S. The van der Waals surface area contributed by atoms with Gasteiger partial charge in [-0.25, -0.2) is 0 Å². The van der Waals surface area contributed by atoms with Crippen molar-refractivity contribution in [1.29, 1.82) is 0 Å². The van der Waals surface area contributed by atoms with Crippen LogP contribution in [0.5, 0.6) is 5.75 Å². The zero-order valence-corrected chi connectivity index (χ0v) is 21.0. The van der Waals surface area contributed by atoms with E-state index in [0.29, 0.717) is 38.6 Å². The van der Waals surface area contributed by atoms with Crippen LogP contribution in [0.3, 0.4) is 0 Å². The van der Waals surface area contributed by atoms with Gasteiger partial charge in [-0.05, 0) is 61.2 Å². The van der Waals surface area contributed by atoms with Crippen molar-refractivity contribution >= 4 is 17.2 Å². The van der Waals surface area contributed by atoms with Crippen LogP contribution in [0.1, 0.15) is 48.7 Å². The Balaban J connectivity index is 1.70. The first-order valence-corrected chi connectivity index (χ1v) is 12.8. The Labute approximate surface area is 202 Å². The van der Waals surface area contributed by atoms with Gasteiger partial charge in [0.2, 0.25) is 5.91 Å². The summed E-state index contributed by atoms with van der Waals surface area (Å²) >= 11 is 1.76. The van der Waals surface area contributed by atoms with Crippen LogP contribution in [0, 0.1) is 12.8 Å². The number of ether oxygens (including phenoxy) is 1. The summed E-state index contributed by atoms with van der Waals surface area (Å²) in [6.45, 7) is 12.8.